The Balaban J connectivity index is 1.50. The maximum atomic E-state index is 15.8. The maximum Gasteiger partial charge on any atom is 0.173 e. The first kappa shape index (κ1) is 19.1. The average molecular weight is 403 g/mol. The molecule has 1 aliphatic heterocycles. The number of nitrogens with zero attached hydrogens (tertiary/aromatic N) is 1. The Kier molecular flexibility index (Phi) is 5.16. The quantitative estimate of drug-likeness (QED) is 0.536. The number of pyridine rings is 1. The molecule has 1 N–H and O–H groups in total. The molecular formula is C26H27FN2O. The van der Waals surface area contributed by atoms with Crippen LogP contribution in [0.1, 0.15) is 53.9 Å². The lowest BCUT2D eigenvalue weighted by Gasteiger charge is -2.28. The normalized spacial score (nSPS) is 15.8. The molecule has 0 spiro atoms. The first-order valence-electron chi connectivity index (χ1n) is 10.9. The van der Waals surface area contributed by atoms with Crippen molar-refractivity contribution in [1.82, 2.24) is 4.98 Å². The van der Waals surface area contributed by atoms with Crippen LogP contribution in [0, 0.1) is 12.7 Å². The maximum absolute atomic E-state index is 15.8. The van der Waals surface area contributed by atoms with E-state index >= 15 is 4.39 Å². The van der Waals surface area contributed by atoms with Gasteiger partial charge in [-0.15, -0.1) is 0 Å². The first-order chi connectivity index (χ1) is 14.7. The molecule has 1 aromatic heterocycles. The van der Waals surface area contributed by atoms with Gasteiger partial charge in [0.25, 0.3) is 0 Å². The highest BCUT2D eigenvalue weighted by Gasteiger charge is 2.27. The van der Waals surface area contributed by atoms with Gasteiger partial charge in [-0.05, 0) is 55.7 Å². The second-order valence-corrected chi connectivity index (χ2v) is 8.51. The van der Waals surface area contributed by atoms with Gasteiger partial charge in [0.1, 0.15) is 12.4 Å². The van der Waals surface area contributed by atoms with Crippen molar-refractivity contribution in [2.45, 2.75) is 51.6 Å². The van der Waals surface area contributed by atoms with E-state index in [1.165, 1.54) is 12.0 Å². The summed E-state index contributed by atoms with van der Waals surface area (Å²) in [6.45, 7) is 3.37. The zero-order valence-electron chi connectivity index (χ0n) is 17.4. The second-order valence-electron chi connectivity index (χ2n) is 8.51. The van der Waals surface area contributed by atoms with Crippen LogP contribution in [0.5, 0.6) is 5.75 Å². The fourth-order valence-corrected chi connectivity index (χ4v) is 4.31. The fourth-order valence-electron chi connectivity index (χ4n) is 4.31. The van der Waals surface area contributed by atoms with Crippen molar-refractivity contribution in [3.8, 4) is 16.9 Å². The number of rotatable bonds is 5. The number of aromatic nitrogens is 1. The van der Waals surface area contributed by atoms with Gasteiger partial charge in [-0.25, -0.2) is 9.37 Å². The summed E-state index contributed by atoms with van der Waals surface area (Å²) in [4.78, 5) is 4.53. The fraction of sp³-hybridized carbons (Fsp3) is 0.346. The molecule has 2 heterocycles. The Hall–Kier alpha value is -2.88. The van der Waals surface area contributed by atoms with E-state index in [-0.39, 0.29) is 5.82 Å². The van der Waals surface area contributed by atoms with Gasteiger partial charge in [0.15, 0.2) is 11.6 Å². The number of hydrogen-bond acceptors (Lipinski definition) is 3. The third-order valence-electron chi connectivity index (χ3n) is 6.37. The summed E-state index contributed by atoms with van der Waals surface area (Å²) in [5.41, 5.74) is 5.79. The van der Waals surface area contributed by atoms with Crippen LogP contribution in [0.4, 0.5) is 10.2 Å². The standard InChI is InChI=1S/C26H27FN2O/c1-17-7-9-18(10-8-17)16-30-25-23(19-4-2-5-19)12-11-22(24(25)27)21-14-20-6-3-13-28-26(20)29-15-21/h7-12,14-15,19H,2-6,13,16H2,1H3,(H,28,29). The topological polar surface area (TPSA) is 34.1 Å². The van der Waals surface area contributed by atoms with Crippen molar-refractivity contribution < 1.29 is 9.13 Å². The van der Waals surface area contributed by atoms with E-state index in [0.717, 1.165) is 60.3 Å². The number of fused-ring (bicyclic) bond motifs is 1. The molecule has 0 atom stereocenters. The van der Waals surface area contributed by atoms with E-state index in [0.29, 0.717) is 23.8 Å². The molecule has 2 aliphatic rings. The van der Waals surface area contributed by atoms with Gasteiger partial charge < -0.3 is 10.1 Å². The molecule has 1 fully saturated rings. The van der Waals surface area contributed by atoms with E-state index in [1.54, 1.807) is 6.20 Å². The van der Waals surface area contributed by atoms with Gasteiger partial charge in [0, 0.05) is 29.4 Å². The third kappa shape index (κ3) is 3.67. The monoisotopic (exact) mass is 402 g/mol. The number of aryl methyl sites for hydroxylation is 2. The summed E-state index contributed by atoms with van der Waals surface area (Å²) in [6.07, 6.45) is 7.22. The van der Waals surface area contributed by atoms with Gasteiger partial charge in [-0.3, -0.25) is 0 Å². The zero-order chi connectivity index (χ0) is 20.5. The van der Waals surface area contributed by atoms with E-state index in [4.69, 9.17) is 4.74 Å². The van der Waals surface area contributed by atoms with Crippen LogP contribution in [-0.4, -0.2) is 11.5 Å². The Morgan fingerprint density at radius 3 is 2.70 bits per heavy atom. The van der Waals surface area contributed by atoms with Crippen molar-refractivity contribution in [3.05, 3.63) is 76.7 Å². The number of nitrogens with one attached hydrogen (secondary N) is 1. The highest BCUT2D eigenvalue weighted by molar-refractivity contribution is 5.69. The van der Waals surface area contributed by atoms with Crippen LogP contribution >= 0.6 is 0 Å². The molecule has 0 bridgehead atoms. The van der Waals surface area contributed by atoms with Gasteiger partial charge in [0.05, 0.1) is 0 Å². The van der Waals surface area contributed by atoms with Gasteiger partial charge in [-0.1, -0.05) is 48.4 Å². The summed E-state index contributed by atoms with van der Waals surface area (Å²) in [5, 5.41) is 3.32. The lowest BCUT2D eigenvalue weighted by atomic mass is 9.79. The number of benzene rings is 2. The predicted octanol–water partition coefficient (Wildman–Crippen LogP) is 6.40. The summed E-state index contributed by atoms with van der Waals surface area (Å²) in [5.74, 6) is 1.46. The van der Waals surface area contributed by atoms with Gasteiger partial charge in [-0.2, -0.15) is 0 Å². The zero-order valence-corrected chi connectivity index (χ0v) is 17.4. The molecule has 1 saturated carbocycles. The summed E-state index contributed by atoms with van der Waals surface area (Å²) >= 11 is 0. The Morgan fingerprint density at radius 2 is 1.93 bits per heavy atom. The average Bonchev–Trinajstić information content (AvgIpc) is 2.73. The molecule has 0 radical (unpaired) electrons. The molecule has 0 unspecified atom stereocenters. The highest BCUT2D eigenvalue weighted by Crippen LogP contribution is 2.44. The minimum Gasteiger partial charge on any atom is -0.486 e. The molecule has 5 rings (SSSR count). The molecule has 3 aromatic rings. The van der Waals surface area contributed by atoms with E-state index < -0.39 is 0 Å². The molecular weight excluding hydrogens is 375 g/mol. The molecule has 4 heteroatoms. The number of ether oxygens (including phenoxy) is 1. The molecule has 2 aromatic carbocycles. The number of anilines is 1. The SMILES string of the molecule is Cc1ccc(COc2c(C3CCC3)ccc(-c3cnc4c(c3)CCCN4)c2F)cc1. The van der Waals surface area contributed by atoms with Gasteiger partial charge >= 0.3 is 0 Å². The lowest BCUT2D eigenvalue weighted by Crippen LogP contribution is -2.14. The first-order valence-corrected chi connectivity index (χ1v) is 10.9. The Bertz CT molecular complexity index is 1060. The van der Waals surface area contributed by atoms with Crippen molar-refractivity contribution in [3.63, 3.8) is 0 Å². The third-order valence-corrected chi connectivity index (χ3v) is 6.37. The van der Waals surface area contributed by atoms with Crippen LogP contribution in [-0.2, 0) is 13.0 Å². The van der Waals surface area contributed by atoms with E-state index in [1.807, 2.05) is 18.2 Å². The lowest BCUT2D eigenvalue weighted by molar-refractivity contribution is 0.279. The molecule has 0 amide bonds. The largest absolute Gasteiger partial charge is 0.486 e. The van der Waals surface area contributed by atoms with Crippen molar-refractivity contribution in [2.24, 2.45) is 0 Å². The van der Waals surface area contributed by atoms with Crippen molar-refractivity contribution in [1.29, 1.82) is 0 Å². The van der Waals surface area contributed by atoms with E-state index in [2.05, 4.69) is 41.5 Å². The second kappa shape index (κ2) is 8.10. The minimum atomic E-state index is -0.267. The van der Waals surface area contributed by atoms with Crippen LogP contribution < -0.4 is 10.1 Å². The molecule has 0 saturated heterocycles. The summed E-state index contributed by atoms with van der Waals surface area (Å²) in [6, 6.07) is 14.2. The van der Waals surface area contributed by atoms with Gasteiger partial charge in [0.2, 0.25) is 0 Å². The van der Waals surface area contributed by atoms with E-state index in [9.17, 15) is 0 Å². The predicted molar refractivity (Wildman–Crippen MR) is 119 cm³/mol. The molecule has 1 aliphatic carbocycles. The molecule has 30 heavy (non-hydrogen) atoms. The molecule has 3 nitrogen and oxygen atoms in total. The van der Waals surface area contributed by atoms with Crippen molar-refractivity contribution in [2.75, 3.05) is 11.9 Å². The van der Waals surface area contributed by atoms with Crippen LogP contribution in [0.15, 0.2) is 48.7 Å². The Labute approximate surface area is 177 Å². The number of hydrogen-bond donors (Lipinski definition) is 1. The highest BCUT2D eigenvalue weighted by atomic mass is 19.1. The van der Waals surface area contributed by atoms with Crippen LogP contribution in [0.2, 0.25) is 0 Å². The summed E-state index contributed by atoms with van der Waals surface area (Å²) < 4.78 is 21.9. The Morgan fingerprint density at radius 1 is 1.10 bits per heavy atom. The van der Waals surface area contributed by atoms with Crippen molar-refractivity contribution >= 4 is 5.82 Å². The van der Waals surface area contributed by atoms with Crippen LogP contribution in [0.25, 0.3) is 11.1 Å². The van der Waals surface area contributed by atoms with Crippen LogP contribution in [0.3, 0.4) is 0 Å². The number of halogens is 1. The molecule has 154 valence electrons. The minimum absolute atomic E-state index is 0.267. The summed E-state index contributed by atoms with van der Waals surface area (Å²) in [7, 11) is 0. The smallest absolute Gasteiger partial charge is 0.173 e.